The molecular formula is C8H16O2. The van der Waals surface area contributed by atoms with Gasteiger partial charge in [0, 0.05) is 0 Å². The standard InChI is InChI=1S/C8H16O2/c1-7(2)4-3-5-8(10)6-9/h8-10H,1,3-6H2,2H3. The van der Waals surface area contributed by atoms with Crippen molar-refractivity contribution < 1.29 is 10.2 Å². The van der Waals surface area contributed by atoms with Crippen LogP contribution in [0.5, 0.6) is 0 Å². The van der Waals surface area contributed by atoms with Crippen LogP contribution in [0.1, 0.15) is 26.2 Å². The Bertz CT molecular complexity index is 99.4. The SMILES string of the molecule is C=C(C)CCCC(O)CO. The van der Waals surface area contributed by atoms with Crippen LogP contribution in [0, 0.1) is 0 Å². The lowest BCUT2D eigenvalue weighted by Crippen LogP contribution is -2.10. The number of allylic oxidation sites excluding steroid dienone is 1. The van der Waals surface area contributed by atoms with Crippen molar-refractivity contribution in [2.24, 2.45) is 0 Å². The quantitative estimate of drug-likeness (QED) is 0.567. The topological polar surface area (TPSA) is 40.5 Å². The lowest BCUT2D eigenvalue weighted by atomic mass is 10.1. The number of rotatable bonds is 5. The van der Waals surface area contributed by atoms with E-state index in [2.05, 4.69) is 6.58 Å². The molecule has 0 saturated carbocycles. The highest BCUT2D eigenvalue weighted by Gasteiger charge is 1.99. The van der Waals surface area contributed by atoms with E-state index in [0.717, 1.165) is 18.4 Å². The van der Waals surface area contributed by atoms with Crippen LogP contribution in [0.15, 0.2) is 12.2 Å². The van der Waals surface area contributed by atoms with Gasteiger partial charge >= 0.3 is 0 Å². The maximum absolute atomic E-state index is 8.89. The first-order valence-electron chi connectivity index (χ1n) is 3.60. The van der Waals surface area contributed by atoms with Crippen molar-refractivity contribution in [3.05, 3.63) is 12.2 Å². The van der Waals surface area contributed by atoms with Crippen LogP contribution >= 0.6 is 0 Å². The Balaban J connectivity index is 3.11. The van der Waals surface area contributed by atoms with Gasteiger partial charge in [0.25, 0.3) is 0 Å². The lowest BCUT2D eigenvalue weighted by molar-refractivity contribution is 0.0867. The number of aliphatic hydroxyl groups excluding tert-OH is 2. The van der Waals surface area contributed by atoms with Crippen molar-refractivity contribution >= 4 is 0 Å². The number of aliphatic hydroxyl groups is 2. The molecule has 0 aliphatic heterocycles. The second kappa shape index (κ2) is 5.45. The van der Waals surface area contributed by atoms with E-state index in [1.165, 1.54) is 0 Å². The molecule has 0 bridgehead atoms. The Hall–Kier alpha value is -0.340. The molecule has 0 aliphatic rings. The van der Waals surface area contributed by atoms with Gasteiger partial charge in [-0.15, -0.1) is 6.58 Å². The van der Waals surface area contributed by atoms with Gasteiger partial charge in [0.2, 0.25) is 0 Å². The van der Waals surface area contributed by atoms with Gasteiger partial charge in [-0.3, -0.25) is 0 Å². The van der Waals surface area contributed by atoms with Gasteiger partial charge < -0.3 is 10.2 Å². The zero-order chi connectivity index (χ0) is 7.98. The van der Waals surface area contributed by atoms with Gasteiger partial charge in [-0.1, -0.05) is 5.57 Å². The predicted octanol–water partition coefficient (Wildman–Crippen LogP) is 1.09. The highest BCUT2D eigenvalue weighted by atomic mass is 16.3. The van der Waals surface area contributed by atoms with Crippen LogP contribution in [0.3, 0.4) is 0 Å². The zero-order valence-corrected chi connectivity index (χ0v) is 6.51. The molecule has 0 aromatic carbocycles. The molecule has 0 amide bonds. The van der Waals surface area contributed by atoms with Gasteiger partial charge in [0.15, 0.2) is 0 Å². The summed E-state index contributed by atoms with van der Waals surface area (Å²) in [4.78, 5) is 0. The van der Waals surface area contributed by atoms with E-state index < -0.39 is 6.10 Å². The van der Waals surface area contributed by atoms with Crippen molar-refractivity contribution in [3.63, 3.8) is 0 Å². The molecular weight excluding hydrogens is 128 g/mol. The van der Waals surface area contributed by atoms with Crippen LogP contribution < -0.4 is 0 Å². The molecule has 0 radical (unpaired) electrons. The summed E-state index contributed by atoms with van der Waals surface area (Å²) in [6, 6.07) is 0. The van der Waals surface area contributed by atoms with Gasteiger partial charge in [-0.25, -0.2) is 0 Å². The van der Waals surface area contributed by atoms with E-state index in [0.29, 0.717) is 6.42 Å². The minimum atomic E-state index is -0.542. The van der Waals surface area contributed by atoms with Crippen LogP contribution in [0.25, 0.3) is 0 Å². The van der Waals surface area contributed by atoms with E-state index in [4.69, 9.17) is 10.2 Å². The first kappa shape index (κ1) is 9.66. The van der Waals surface area contributed by atoms with E-state index in [1.54, 1.807) is 0 Å². The highest BCUT2D eigenvalue weighted by Crippen LogP contribution is 2.05. The van der Waals surface area contributed by atoms with Crippen molar-refractivity contribution in [1.29, 1.82) is 0 Å². The third-order valence-corrected chi connectivity index (χ3v) is 1.35. The van der Waals surface area contributed by atoms with Crippen molar-refractivity contribution in [3.8, 4) is 0 Å². The van der Waals surface area contributed by atoms with Crippen molar-refractivity contribution in [2.45, 2.75) is 32.3 Å². The van der Waals surface area contributed by atoms with Gasteiger partial charge in [0.05, 0.1) is 12.7 Å². The van der Waals surface area contributed by atoms with E-state index in [9.17, 15) is 0 Å². The summed E-state index contributed by atoms with van der Waals surface area (Å²) in [5.41, 5.74) is 1.13. The van der Waals surface area contributed by atoms with E-state index in [-0.39, 0.29) is 6.61 Å². The average Bonchev–Trinajstić information content (AvgIpc) is 1.87. The zero-order valence-electron chi connectivity index (χ0n) is 6.51. The van der Waals surface area contributed by atoms with Crippen LogP contribution in [0.2, 0.25) is 0 Å². The fourth-order valence-electron chi connectivity index (χ4n) is 0.731. The molecule has 0 heterocycles. The van der Waals surface area contributed by atoms with Crippen LogP contribution in [0.4, 0.5) is 0 Å². The fourth-order valence-corrected chi connectivity index (χ4v) is 0.731. The minimum absolute atomic E-state index is 0.129. The van der Waals surface area contributed by atoms with Crippen molar-refractivity contribution in [2.75, 3.05) is 6.61 Å². The smallest absolute Gasteiger partial charge is 0.0771 e. The van der Waals surface area contributed by atoms with E-state index in [1.807, 2.05) is 6.92 Å². The summed E-state index contributed by atoms with van der Waals surface area (Å²) < 4.78 is 0. The molecule has 0 aromatic rings. The maximum atomic E-state index is 8.89. The Kier molecular flexibility index (Phi) is 5.26. The molecule has 60 valence electrons. The molecule has 0 spiro atoms. The monoisotopic (exact) mass is 144 g/mol. The van der Waals surface area contributed by atoms with Crippen molar-refractivity contribution in [1.82, 2.24) is 0 Å². The third kappa shape index (κ3) is 5.79. The minimum Gasteiger partial charge on any atom is -0.394 e. The van der Waals surface area contributed by atoms with E-state index >= 15 is 0 Å². The molecule has 2 heteroatoms. The van der Waals surface area contributed by atoms with Gasteiger partial charge in [-0.2, -0.15) is 0 Å². The molecule has 0 rings (SSSR count). The van der Waals surface area contributed by atoms with Crippen LogP contribution in [-0.4, -0.2) is 22.9 Å². The Morgan fingerprint density at radius 2 is 2.20 bits per heavy atom. The Morgan fingerprint density at radius 3 is 2.60 bits per heavy atom. The third-order valence-electron chi connectivity index (χ3n) is 1.35. The first-order valence-corrected chi connectivity index (χ1v) is 3.60. The maximum Gasteiger partial charge on any atom is 0.0771 e. The Labute approximate surface area is 62.2 Å². The summed E-state index contributed by atoms with van der Waals surface area (Å²) in [5, 5.41) is 17.3. The molecule has 1 unspecified atom stereocenters. The molecule has 10 heavy (non-hydrogen) atoms. The molecule has 1 atom stereocenters. The molecule has 2 N–H and O–H groups in total. The molecule has 2 nitrogen and oxygen atoms in total. The molecule has 0 aliphatic carbocycles. The van der Waals surface area contributed by atoms with Crippen LogP contribution in [-0.2, 0) is 0 Å². The molecule has 0 aromatic heterocycles. The summed E-state index contributed by atoms with van der Waals surface area (Å²) in [6.45, 7) is 5.57. The number of hydrogen-bond acceptors (Lipinski definition) is 2. The van der Waals surface area contributed by atoms with Gasteiger partial charge in [-0.05, 0) is 26.2 Å². The number of hydrogen-bond donors (Lipinski definition) is 2. The summed E-state index contributed by atoms with van der Waals surface area (Å²) in [6.07, 6.45) is 1.98. The summed E-state index contributed by atoms with van der Waals surface area (Å²) in [5.74, 6) is 0. The predicted molar refractivity (Wildman–Crippen MR) is 41.8 cm³/mol. The largest absolute Gasteiger partial charge is 0.394 e. The van der Waals surface area contributed by atoms with Gasteiger partial charge in [0.1, 0.15) is 0 Å². The highest BCUT2D eigenvalue weighted by molar-refractivity contribution is 4.87. The average molecular weight is 144 g/mol. The molecule has 0 fully saturated rings. The second-order valence-electron chi connectivity index (χ2n) is 2.69. The fraction of sp³-hybridized carbons (Fsp3) is 0.750. The lowest BCUT2D eigenvalue weighted by Gasteiger charge is -2.05. The molecule has 0 saturated heterocycles. The second-order valence-corrected chi connectivity index (χ2v) is 2.69. The summed E-state index contributed by atoms with van der Waals surface area (Å²) >= 11 is 0. The Morgan fingerprint density at radius 1 is 1.60 bits per heavy atom. The first-order chi connectivity index (χ1) is 4.66. The summed E-state index contributed by atoms with van der Waals surface area (Å²) in [7, 11) is 0. The normalized spacial score (nSPS) is 13.1.